The van der Waals surface area contributed by atoms with Crippen molar-refractivity contribution in [2.24, 2.45) is 0 Å². The maximum Gasteiger partial charge on any atom is 0.323 e. The summed E-state index contributed by atoms with van der Waals surface area (Å²) in [4.78, 5) is 38.3. The molecule has 0 aliphatic carbocycles. The second-order valence-corrected chi connectivity index (χ2v) is 4.24. The lowest BCUT2D eigenvalue weighted by atomic mass is 10.0. The largest absolute Gasteiger partial charge is 0.481 e. The molecule has 0 aliphatic rings. The van der Waals surface area contributed by atoms with Crippen molar-refractivity contribution in [3.8, 4) is 0 Å². The van der Waals surface area contributed by atoms with E-state index >= 15 is 0 Å². The van der Waals surface area contributed by atoms with Gasteiger partial charge in [-0.2, -0.15) is 0 Å². The lowest BCUT2D eigenvalue weighted by Gasteiger charge is -2.16. The first-order chi connectivity index (χ1) is 8.95. The second-order valence-electron chi connectivity index (χ2n) is 4.24. The Morgan fingerprint density at radius 1 is 1.32 bits per heavy atom. The number of amides is 1. The van der Waals surface area contributed by atoms with Gasteiger partial charge < -0.3 is 20.4 Å². The number of carboxylic acids is 1. The van der Waals surface area contributed by atoms with Crippen LogP contribution in [0.3, 0.4) is 0 Å². The summed E-state index contributed by atoms with van der Waals surface area (Å²) >= 11 is 0. The van der Waals surface area contributed by atoms with Crippen LogP contribution in [-0.4, -0.2) is 27.0 Å². The van der Waals surface area contributed by atoms with Crippen LogP contribution in [-0.2, 0) is 9.59 Å². The highest BCUT2D eigenvalue weighted by molar-refractivity contribution is 5.78. The van der Waals surface area contributed by atoms with E-state index in [9.17, 15) is 14.4 Å². The van der Waals surface area contributed by atoms with Crippen molar-refractivity contribution >= 4 is 22.9 Å². The minimum atomic E-state index is -1.01. The molecule has 1 unspecified atom stereocenters. The van der Waals surface area contributed by atoms with Crippen molar-refractivity contribution in [2.45, 2.75) is 19.4 Å². The van der Waals surface area contributed by atoms with Gasteiger partial charge in [0.25, 0.3) is 0 Å². The van der Waals surface area contributed by atoms with E-state index in [2.05, 4.69) is 15.3 Å². The second kappa shape index (κ2) is 4.97. The molecule has 7 heteroatoms. The van der Waals surface area contributed by atoms with Crippen LogP contribution in [0, 0.1) is 0 Å². The maximum atomic E-state index is 11.2. The zero-order valence-corrected chi connectivity index (χ0v) is 10.2. The molecule has 0 aliphatic heterocycles. The van der Waals surface area contributed by atoms with Crippen molar-refractivity contribution in [2.75, 3.05) is 0 Å². The predicted octanol–water partition coefficient (Wildman–Crippen LogP) is 0.508. The number of hydrogen-bond acceptors (Lipinski definition) is 3. The third-order valence-corrected chi connectivity index (χ3v) is 2.70. The summed E-state index contributed by atoms with van der Waals surface area (Å²) in [5.41, 5.74) is 1.50. The zero-order valence-electron chi connectivity index (χ0n) is 10.2. The summed E-state index contributed by atoms with van der Waals surface area (Å²) in [6.45, 7) is 1.32. The summed E-state index contributed by atoms with van der Waals surface area (Å²) in [6.07, 6.45) is -0.222. The molecule has 1 aromatic heterocycles. The van der Waals surface area contributed by atoms with Gasteiger partial charge in [0.15, 0.2) is 0 Å². The van der Waals surface area contributed by atoms with E-state index < -0.39 is 12.0 Å². The standard InChI is InChI=1S/C12H13N3O4/c1-6(16)13-9(5-11(17)18)7-2-3-8-10(4-7)15-12(19)14-8/h2-4,9H,5H2,1H3,(H,13,16)(H,17,18)(H2,14,15,19). The summed E-state index contributed by atoms with van der Waals surface area (Å²) in [6, 6.07) is 4.36. The van der Waals surface area contributed by atoms with Crippen molar-refractivity contribution in [3.63, 3.8) is 0 Å². The van der Waals surface area contributed by atoms with Crippen molar-refractivity contribution in [1.29, 1.82) is 0 Å². The highest BCUT2D eigenvalue weighted by Gasteiger charge is 2.17. The number of benzene rings is 1. The topological polar surface area (TPSA) is 115 Å². The van der Waals surface area contributed by atoms with Gasteiger partial charge in [-0.05, 0) is 17.7 Å². The van der Waals surface area contributed by atoms with E-state index in [0.29, 0.717) is 16.6 Å². The van der Waals surface area contributed by atoms with Gasteiger partial charge in [0.2, 0.25) is 5.91 Å². The lowest BCUT2D eigenvalue weighted by molar-refractivity contribution is -0.137. The van der Waals surface area contributed by atoms with E-state index in [-0.39, 0.29) is 18.0 Å². The van der Waals surface area contributed by atoms with Gasteiger partial charge in [-0.1, -0.05) is 6.07 Å². The highest BCUT2D eigenvalue weighted by Crippen LogP contribution is 2.20. The van der Waals surface area contributed by atoms with E-state index in [1.165, 1.54) is 6.92 Å². The van der Waals surface area contributed by atoms with Gasteiger partial charge in [-0.15, -0.1) is 0 Å². The Kier molecular flexibility index (Phi) is 3.37. The fourth-order valence-corrected chi connectivity index (χ4v) is 1.94. The SMILES string of the molecule is CC(=O)NC(CC(=O)O)c1ccc2[nH]c(=O)[nH]c2c1. The zero-order chi connectivity index (χ0) is 14.0. The molecule has 19 heavy (non-hydrogen) atoms. The number of carbonyl (C=O) groups is 2. The quantitative estimate of drug-likeness (QED) is 0.643. The average molecular weight is 263 g/mol. The maximum absolute atomic E-state index is 11.2. The first-order valence-electron chi connectivity index (χ1n) is 5.66. The Hall–Kier alpha value is -2.57. The first-order valence-corrected chi connectivity index (χ1v) is 5.66. The molecule has 1 atom stereocenters. The van der Waals surface area contributed by atoms with E-state index in [1.807, 2.05) is 0 Å². The molecule has 2 rings (SSSR count). The van der Waals surface area contributed by atoms with Crippen LogP contribution in [0.1, 0.15) is 24.9 Å². The summed E-state index contributed by atoms with van der Waals surface area (Å²) in [5, 5.41) is 11.4. The van der Waals surface area contributed by atoms with Crippen molar-refractivity contribution in [3.05, 3.63) is 34.2 Å². The first kappa shape index (κ1) is 12.9. The average Bonchev–Trinajstić information content (AvgIpc) is 2.65. The number of carboxylic acid groups (broad SMARTS) is 1. The van der Waals surface area contributed by atoms with Crippen LogP contribution in [0.4, 0.5) is 0 Å². The molecule has 0 radical (unpaired) electrons. The Morgan fingerprint density at radius 2 is 2.00 bits per heavy atom. The van der Waals surface area contributed by atoms with Crippen molar-refractivity contribution < 1.29 is 14.7 Å². The van der Waals surface area contributed by atoms with Gasteiger partial charge in [0.1, 0.15) is 0 Å². The molecular formula is C12H13N3O4. The molecule has 4 N–H and O–H groups in total. The number of hydrogen-bond donors (Lipinski definition) is 4. The molecule has 1 amide bonds. The molecule has 0 fully saturated rings. The number of rotatable bonds is 4. The third kappa shape index (κ3) is 3.01. The van der Waals surface area contributed by atoms with Gasteiger partial charge in [-0.3, -0.25) is 9.59 Å². The molecule has 0 saturated carbocycles. The van der Waals surface area contributed by atoms with E-state index in [0.717, 1.165) is 0 Å². The number of aliphatic carboxylic acids is 1. The molecular weight excluding hydrogens is 250 g/mol. The smallest absolute Gasteiger partial charge is 0.323 e. The van der Waals surface area contributed by atoms with Crippen molar-refractivity contribution in [1.82, 2.24) is 15.3 Å². The monoisotopic (exact) mass is 263 g/mol. The Labute approximate surface area is 107 Å². The number of imidazole rings is 1. The lowest BCUT2D eigenvalue weighted by Crippen LogP contribution is -2.27. The molecule has 1 heterocycles. The minimum Gasteiger partial charge on any atom is -0.481 e. The Balaban J connectivity index is 2.39. The van der Waals surface area contributed by atoms with Crippen LogP contribution >= 0.6 is 0 Å². The van der Waals surface area contributed by atoms with Gasteiger partial charge in [0, 0.05) is 6.92 Å². The number of H-pyrrole nitrogens is 2. The van der Waals surface area contributed by atoms with Crippen LogP contribution in [0.5, 0.6) is 0 Å². The Bertz CT molecular complexity index is 670. The molecule has 2 aromatic rings. The number of aromatic amines is 2. The summed E-state index contributed by atoms with van der Waals surface area (Å²) in [5.74, 6) is -1.32. The molecule has 1 aromatic carbocycles. The fraction of sp³-hybridized carbons (Fsp3) is 0.250. The summed E-state index contributed by atoms with van der Waals surface area (Å²) in [7, 11) is 0. The van der Waals surface area contributed by atoms with Crippen LogP contribution < -0.4 is 11.0 Å². The number of carbonyl (C=O) groups excluding carboxylic acids is 1. The van der Waals surface area contributed by atoms with Crippen LogP contribution in [0.15, 0.2) is 23.0 Å². The van der Waals surface area contributed by atoms with E-state index in [4.69, 9.17) is 5.11 Å². The normalized spacial score (nSPS) is 12.3. The van der Waals surface area contributed by atoms with E-state index in [1.54, 1.807) is 18.2 Å². The molecule has 100 valence electrons. The van der Waals surface area contributed by atoms with Gasteiger partial charge >= 0.3 is 11.7 Å². The number of fused-ring (bicyclic) bond motifs is 1. The van der Waals surface area contributed by atoms with Gasteiger partial charge in [0.05, 0.1) is 23.5 Å². The fourth-order valence-electron chi connectivity index (χ4n) is 1.94. The molecule has 0 spiro atoms. The Morgan fingerprint density at radius 3 is 2.63 bits per heavy atom. The molecule has 7 nitrogen and oxygen atoms in total. The molecule has 0 bridgehead atoms. The predicted molar refractivity (Wildman–Crippen MR) is 67.7 cm³/mol. The van der Waals surface area contributed by atoms with Crippen LogP contribution in [0.25, 0.3) is 11.0 Å². The molecule has 0 saturated heterocycles. The highest BCUT2D eigenvalue weighted by atomic mass is 16.4. The minimum absolute atomic E-state index is 0.222. The third-order valence-electron chi connectivity index (χ3n) is 2.70. The van der Waals surface area contributed by atoms with Crippen LogP contribution in [0.2, 0.25) is 0 Å². The summed E-state index contributed by atoms with van der Waals surface area (Å²) < 4.78 is 0. The number of aromatic nitrogens is 2. The number of nitrogens with one attached hydrogen (secondary N) is 3. The van der Waals surface area contributed by atoms with Gasteiger partial charge in [-0.25, -0.2) is 4.79 Å².